The molecule has 4 nitrogen and oxygen atoms in total. The van der Waals surface area contributed by atoms with Crippen LogP contribution >= 0.6 is 11.3 Å². The van der Waals surface area contributed by atoms with E-state index in [2.05, 4.69) is 5.32 Å². The van der Waals surface area contributed by atoms with Gasteiger partial charge in [0.05, 0.1) is 4.88 Å². The van der Waals surface area contributed by atoms with E-state index in [1.807, 2.05) is 17.5 Å². The van der Waals surface area contributed by atoms with E-state index in [0.717, 1.165) is 30.6 Å². The van der Waals surface area contributed by atoms with E-state index < -0.39 is 0 Å². The maximum Gasteiger partial charge on any atom is 0.264 e. The Bertz CT molecular complexity index is 521. The van der Waals surface area contributed by atoms with Crippen molar-refractivity contribution in [2.24, 2.45) is 0 Å². The third-order valence-electron chi connectivity index (χ3n) is 5.00. The van der Waals surface area contributed by atoms with E-state index in [0.29, 0.717) is 12.6 Å². The fourth-order valence-corrected chi connectivity index (χ4v) is 4.40. The lowest BCUT2D eigenvalue weighted by Crippen LogP contribution is -2.48. The van der Waals surface area contributed by atoms with E-state index in [4.69, 9.17) is 0 Å². The highest BCUT2D eigenvalue weighted by Gasteiger charge is 2.35. The third-order valence-corrected chi connectivity index (χ3v) is 5.86. The highest BCUT2D eigenvalue weighted by Crippen LogP contribution is 2.23. The molecule has 126 valence electrons. The van der Waals surface area contributed by atoms with Crippen molar-refractivity contribution < 1.29 is 9.59 Å². The molecular formula is C18H26N2O2S. The van der Waals surface area contributed by atoms with Crippen LogP contribution in [-0.2, 0) is 4.79 Å². The molecule has 0 spiro atoms. The zero-order valence-corrected chi connectivity index (χ0v) is 14.4. The molecule has 5 heteroatoms. The van der Waals surface area contributed by atoms with Crippen LogP contribution in [0, 0.1) is 0 Å². The van der Waals surface area contributed by atoms with Gasteiger partial charge in [0.15, 0.2) is 0 Å². The second-order valence-corrected chi connectivity index (χ2v) is 7.63. The molecule has 1 aromatic rings. The molecule has 2 amide bonds. The largest absolute Gasteiger partial charge is 0.352 e. The Labute approximate surface area is 142 Å². The average Bonchev–Trinajstić information content (AvgIpc) is 3.20. The zero-order valence-electron chi connectivity index (χ0n) is 13.6. The standard InChI is InChI=1S/C18H26N2O2S/c21-17(19-14-8-4-2-1-3-5-9-14)15-10-6-12-20(15)18(22)16-11-7-13-23-16/h7,11,13-15H,1-6,8-10,12H2,(H,19,21)/t15-/m1/s1. The molecular weight excluding hydrogens is 308 g/mol. The lowest BCUT2D eigenvalue weighted by atomic mass is 9.96. The van der Waals surface area contributed by atoms with Gasteiger partial charge in [0.1, 0.15) is 6.04 Å². The summed E-state index contributed by atoms with van der Waals surface area (Å²) in [5.41, 5.74) is 0. The van der Waals surface area contributed by atoms with Gasteiger partial charge in [-0.3, -0.25) is 9.59 Å². The molecule has 0 aromatic carbocycles. The number of carbonyl (C=O) groups is 2. The number of rotatable bonds is 3. The van der Waals surface area contributed by atoms with Gasteiger partial charge in [0.25, 0.3) is 5.91 Å². The first-order valence-electron chi connectivity index (χ1n) is 8.90. The van der Waals surface area contributed by atoms with Gasteiger partial charge in [-0.15, -0.1) is 11.3 Å². The van der Waals surface area contributed by atoms with Crippen LogP contribution in [0.4, 0.5) is 0 Å². The van der Waals surface area contributed by atoms with Crippen molar-refractivity contribution in [2.45, 2.75) is 69.9 Å². The molecule has 1 saturated heterocycles. The summed E-state index contributed by atoms with van der Waals surface area (Å²) in [5, 5.41) is 5.14. The Hall–Kier alpha value is -1.36. The number of carbonyl (C=O) groups excluding carboxylic acids is 2. The van der Waals surface area contributed by atoms with Gasteiger partial charge in [-0.2, -0.15) is 0 Å². The second-order valence-electron chi connectivity index (χ2n) is 6.68. The van der Waals surface area contributed by atoms with E-state index >= 15 is 0 Å². The summed E-state index contributed by atoms with van der Waals surface area (Å²) in [6.07, 6.45) is 10.1. The molecule has 0 unspecified atom stereocenters. The highest BCUT2D eigenvalue weighted by atomic mass is 32.1. The molecule has 3 rings (SSSR count). The summed E-state index contributed by atoms with van der Waals surface area (Å²) in [7, 11) is 0. The summed E-state index contributed by atoms with van der Waals surface area (Å²) in [5.74, 6) is 0.0632. The summed E-state index contributed by atoms with van der Waals surface area (Å²) in [6, 6.07) is 3.74. The monoisotopic (exact) mass is 334 g/mol. The number of nitrogens with zero attached hydrogens (tertiary/aromatic N) is 1. The van der Waals surface area contributed by atoms with E-state index in [-0.39, 0.29) is 17.9 Å². The minimum atomic E-state index is -0.282. The first kappa shape index (κ1) is 16.5. The number of likely N-dealkylation sites (tertiary alicyclic amines) is 1. The molecule has 23 heavy (non-hydrogen) atoms. The van der Waals surface area contributed by atoms with Gasteiger partial charge in [0.2, 0.25) is 5.91 Å². The van der Waals surface area contributed by atoms with Crippen LogP contribution in [-0.4, -0.2) is 35.3 Å². The minimum absolute atomic E-state index is 0.00955. The maximum atomic E-state index is 12.7. The molecule has 0 radical (unpaired) electrons. The molecule has 2 heterocycles. The Morgan fingerprint density at radius 2 is 1.78 bits per heavy atom. The van der Waals surface area contributed by atoms with Crippen LogP contribution in [0.15, 0.2) is 17.5 Å². The van der Waals surface area contributed by atoms with Gasteiger partial charge in [-0.05, 0) is 37.1 Å². The zero-order chi connectivity index (χ0) is 16.1. The normalized spacial score (nSPS) is 23.3. The lowest BCUT2D eigenvalue weighted by molar-refractivity contribution is -0.125. The molecule has 1 atom stereocenters. The second kappa shape index (κ2) is 7.95. The molecule has 2 fully saturated rings. The number of nitrogens with one attached hydrogen (secondary N) is 1. The third kappa shape index (κ3) is 4.14. The highest BCUT2D eigenvalue weighted by molar-refractivity contribution is 7.12. The van der Waals surface area contributed by atoms with Gasteiger partial charge in [0, 0.05) is 12.6 Å². The van der Waals surface area contributed by atoms with Crippen LogP contribution in [0.5, 0.6) is 0 Å². The van der Waals surface area contributed by atoms with Crippen LogP contribution in [0.1, 0.15) is 67.5 Å². The molecule has 0 bridgehead atoms. The summed E-state index contributed by atoms with van der Waals surface area (Å²) in [4.78, 5) is 27.8. The number of hydrogen-bond acceptors (Lipinski definition) is 3. The summed E-state index contributed by atoms with van der Waals surface area (Å²) in [6.45, 7) is 0.694. The first-order chi connectivity index (χ1) is 11.3. The van der Waals surface area contributed by atoms with Crippen molar-refractivity contribution in [3.63, 3.8) is 0 Å². The Kier molecular flexibility index (Phi) is 5.70. The van der Waals surface area contributed by atoms with E-state index in [1.165, 1.54) is 43.4 Å². The van der Waals surface area contributed by atoms with Gasteiger partial charge in [-0.25, -0.2) is 0 Å². The Balaban J connectivity index is 1.60. The topological polar surface area (TPSA) is 49.4 Å². The van der Waals surface area contributed by atoms with Crippen LogP contribution in [0.2, 0.25) is 0 Å². The van der Waals surface area contributed by atoms with Crippen molar-refractivity contribution in [1.29, 1.82) is 0 Å². The maximum absolute atomic E-state index is 12.7. The van der Waals surface area contributed by atoms with Crippen LogP contribution in [0.3, 0.4) is 0 Å². The van der Waals surface area contributed by atoms with E-state index in [1.54, 1.807) is 4.90 Å². The molecule has 1 aromatic heterocycles. The SMILES string of the molecule is O=C(NC1CCCCCCC1)[C@H]1CCCN1C(=O)c1cccs1. The van der Waals surface area contributed by atoms with Crippen molar-refractivity contribution in [1.82, 2.24) is 10.2 Å². The van der Waals surface area contributed by atoms with Crippen LogP contribution in [0.25, 0.3) is 0 Å². The Morgan fingerprint density at radius 3 is 2.48 bits per heavy atom. The molecule has 1 aliphatic carbocycles. The molecule has 1 saturated carbocycles. The van der Waals surface area contributed by atoms with Crippen molar-refractivity contribution in [3.05, 3.63) is 22.4 Å². The van der Waals surface area contributed by atoms with Crippen molar-refractivity contribution in [3.8, 4) is 0 Å². The smallest absolute Gasteiger partial charge is 0.264 e. The fourth-order valence-electron chi connectivity index (χ4n) is 3.72. The predicted molar refractivity (Wildman–Crippen MR) is 92.6 cm³/mol. The van der Waals surface area contributed by atoms with Gasteiger partial charge < -0.3 is 10.2 Å². The molecule has 1 N–H and O–H groups in total. The lowest BCUT2D eigenvalue weighted by Gasteiger charge is -2.27. The molecule has 2 aliphatic rings. The van der Waals surface area contributed by atoms with Gasteiger partial charge >= 0.3 is 0 Å². The predicted octanol–water partition coefficient (Wildman–Crippen LogP) is 3.58. The minimum Gasteiger partial charge on any atom is -0.352 e. The fraction of sp³-hybridized carbons (Fsp3) is 0.667. The van der Waals surface area contributed by atoms with E-state index in [9.17, 15) is 9.59 Å². The van der Waals surface area contributed by atoms with Crippen molar-refractivity contribution in [2.75, 3.05) is 6.54 Å². The summed E-state index contributed by atoms with van der Waals surface area (Å²) >= 11 is 1.45. The molecule has 1 aliphatic heterocycles. The van der Waals surface area contributed by atoms with Crippen molar-refractivity contribution >= 4 is 23.2 Å². The summed E-state index contributed by atoms with van der Waals surface area (Å²) < 4.78 is 0. The van der Waals surface area contributed by atoms with Gasteiger partial charge in [-0.1, -0.05) is 38.2 Å². The quantitative estimate of drug-likeness (QED) is 0.918. The number of amides is 2. The number of thiophene rings is 1. The first-order valence-corrected chi connectivity index (χ1v) is 9.78. The Morgan fingerprint density at radius 1 is 1.04 bits per heavy atom. The van der Waals surface area contributed by atoms with Crippen LogP contribution < -0.4 is 5.32 Å². The number of hydrogen-bond donors (Lipinski definition) is 1. The average molecular weight is 334 g/mol.